The second-order valence-electron chi connectivity index (χ2n) is 23.8. The monoisotopic (exact) mass is 1230 g/mol. The summed E-state index contributed by atoms with van der Waals surface area (Å²) in [6.07, 6.45) is 0. The van der Waals surface area contributed by atoms with Crippen molar-refractivity contribution in [2.45, 2.75) is 0 Å². The number of thiophene rings is 2. The highest BCUT2D eigenvalue weighted by Crippen LogP contribution is 2.47. The molecule has 0 saturated heterocycles. The molecule has 0 radical (unpaired) electrons. The minimum absolute atomic E-state index is 0.568. The Kier molecular flexibility index (Phi) is 12.5. The second kappa shape index (κ2) is 21.8. The number of rotatable bonds is 10. The van der Waals surface area contributed by atoms with Crippen LogP contribution in [0.25, 0.3) is 186 Å². The highest BCUT2D eigenvalue weighted by Gasteiger charge is 2.24. The van der Waals surface area contributed by atoms with Crippen molar-refractivity contribution in [3.63, 3.8) is 0 Å². The van der Waals surface area contributed by atoms with Crippen LogP contribution < -0.4 is 0 Å². The van der Waals surface area contributed by atoms with Gasteiger partial charge in [-0.2, -0.15) is 0 Å². The van der Waals surface area contributed by atoms with Crippen molar-refractivity contribution in [3.8, 4) is 102 Å². The highest BCUT2D eigenvalue weighted by atomic mass is 32.1. The maximum absolute atomic E-state index is 5.36. The Hall–Kier alpha value is -12.1. The van der Waals surface area contributed by atoms with E-state index >= 15 is 0 Å². The first kappa shape index (κ1) is 53.7. The molecule has 19 aromatic rings. The molecule has 6 aromatic heterocycles. The molecular formula is C84H50N8S2. The fourth-order valence-electron chi connectivity index (χ4n) is 13.9. The molecule has 0 aliphatic rings. The van der Waals surface area contributed by atoms with Gasteiger partial charge in [-0.05, 0) is 101 Å². The van der Waals surface area contributed by atoms with Gasteiger partial charge in [0.05, 0.1) is 22.1 Å². The Labute approximate surface area is 547 Å². The van der Waals surface area contributed by atoms with E-state index in [0.29, 0.717) is 34.9 Å². The van der Waals surface area contributed by atoms with Crippen LogP contribution in [0.5, 0.6) is 0 Å². The van der Waals surface area contributed by atoms with Crippen molar-refractivity contribution in [1.82, 2.24) is 39.0 Å². The molecule has 10 heteroatoms. The van der Waals surface area contributed by atoms with Gasteiger partial charge >= 0.3 is 0 Å². The molecule has 438 valence electrons. The van der Waals surface area contributed by atoms with Crippen LogP contribution in [0.3, 0.4) is 0 Å². The van der Waals surface area contributed by atoms with Crippen LogP contribution in [0.15, 0.2) is 303 Å². The molecule has 94 heavy (non-hydrogen) atoms. The van der Waals surface area contributed by atoms with E-state index in [9.17, 15) is 0 Å². The van der Waals surface area contributed by atoms with Crippen molar-refractivity contribution < 1.29 is 0 Å². The Morgan fingerprint density at radius 3 is 0.883 bits per heavy atom. The molecule has 0 amide bonds. The van der Waals surface area contributed by atoms with E-state index in [1.165, 1.54) is 61.9 Å². The van der Waals surface area contributed by atoms with Crippen LogP contribution in [0, 0.1) is 0 Å². The normalized spacial score (nSPS) is 11.8. The molecule has 8 nitrogen and oxygen atoms in total. The Morgan fingerprint density at radius 1 is 0.202 bits per heavy atom. The summed E-state index contributed by atoms with van der Waals surface area (Å²) in [7, 11) is 0. The van der Waals surface area contributed by atoms with Gasteiger partial charge in [0.2, 0.25) is 0 Å². The molecular weight excluding hydrogens is 1190 g/mol. The van der Waals surface area contributed by atoms with Gasteiger partial charge in [0.1, 0.15) is 0 Å². The zero-order valence-corrected chi connectivity index (χ0v) is 51.9. The summed E-state index contributed by atoms with van der Waals surface area (Å²) >= 11 is 3.72. The van der Waals surface area contributed by atoms with Gasteiger partial charge in [-0.1, -0.05) is 224 Å². The van der Waals surface area contributed by atoms with E-state index in [-0.39, 0.29) is 0 Å². The van der Waals surface area contributed by atoms with Gasteiger partial charge in [-0.3, -0.25) is 0 Å². The van der Waals surface area contributed by atoms with Gasteiger partial charge in [-0.25, -0.2) is 29.9 Å². The summed E-state index contributed by atoms with van der Waals surface area (Å²) in [6, 6.07) is 108. The SMILES string of the molecule is c1ccc(-c2nc(-c3ccccc3)nc(-c3cc(-c4cccc(-c5cc(-c6nc(-c7ccccc7)nc(-c7ccccc7)n6)cc(-n6c7ccccc7c7c8sc9ccccc9c8ccc76)c5)c4)cc(-n4c5ccccc5c5c6sc7ccccc7c6ccc54)c3)n2)cc1. The first-order chi connectivity index (χ1) is 46.6. The maximum atomic E-state index is 5.36. The van der Waals surface area contributed by atoms with Crippen LogP contribution in [0.1, 0.15) is 0 Å². The zero-order chi connectivity index (χ0) is 61.8. The van der Waals surface area contributed by atoms with E-state index in [2.05, 4.69) is 240 Å². The van der Waals surface area contributed by atoms with Gasteiger partial charge < -0.3 is 9.13 Å². The first-order valence-electron chi connectivity index (χ1n) is 31.4. The second-order valence-corrected chi connectivity index (χ2v) is 25.9. The Morgan fingerprint density at radius 2 is 0.500 bits per heavy atom. The molecule has 0 N–H and O–H groups in total. The molecule has 6 heterocycles. The number of aromatic nitrogens is 8. The van der Waals surface area contributed by atoms with Gasteiger partial charge in [0, 0.05) is 107 Å². The summed E-state index contributed by atoms with van der Waals surface area (Å²) in [5.41, 5.74) is 15.8. The maximum Gasteiger partial charge on any atom is 0.164 e. The van der Waals surface area contributed by atoms with E-state index < -0.39 is 0 Å². The summed E-state index contributed by atoms with van der Waals surface area (Å²) in [5, 5.41) is 9.92. The molecule has 0 spiro atoms. The van der Waals surface area contributed by atoms with Crippen LogP contribution >= 0.6 is 22.7 Å². The standard InChI is InChI=1S/C84H50N8S2/c1-5-22-51(23-6-1)79-85-80(52-24-7-2-8-25-52)88-83(87-79)59-45-57(47-61(49-59)91-69-36-17-13-34-67(69)75-71(91)42-40-65-63-32-15-19-38-73(63)93-77(65)75)55-30-21-31-56(44-55)58-46-60(84-89-81(53-26-9-3-10-27-53)86-82(90-84)54-28-11-4-12-29-54)50-62(48-58)92-70-37-18-14-35-68(70)76-72(92)43-41-66-64-33-16-20-39-74(64)94-78(66)76/h1-50H. The van der Waals surface area contributed by atoms with Crippen molar-refractivity contribution in [2.24, 2.45) is 0 Å². The third-order valence-electron chi connectivity index (χ3n) is 18.2. The molecule has 0 unspecified atom stereocenters. The van der Waals surface area contributed by atoms with Crippen molar-refractivity contribution in [3.05, 3.63) is 303 Å². The number of fused-ring (bicyclic) bond motifs is 14. The highest BCUT2D eigenvalue weighted by molar-refractivity contribution is 7.27. The lowest BCUT2D eigenvalue weighted by atomic mass is 9.95. The van der Waals surface area contributed by atoms with Crippen molar-refractivity contribution in [1.29, 1.82) is 0 Å². The van der Waals surface area contributed by atoms with Crippen LogP contribution in [0.2, 0.25) is 0 Å². The topological polar surface area (TPSA) is 87.2 Å². The number of hydrogen-bond acceptors (Lipinski definition) is 8. The summed E-state index contributed by atoms with van der Waals surface area (Å²) in [5.74, 6) is 3.52. The van der Waals surface area contributed by atoms with Crippen LogP contribution in [0.4, 0.5) is 0 Å². The van der Waals surface area contributed by atoms with E-state index in [4.69, 9.17) is 29.9 Å². The predicted molar refractivity (Wildman–Crippen MR) is 391 cm³/mol. The fraction of sp³-hybridized carbons (Fsp3) is 0. The summed E-state index contributed by atoms with van der Waals surface area (Å²) in [4.78, 5) is 31.7. The van der Waals surface area contributed by atoms with E-state index in [1.807, 2.05) is 95.5 Å². The smallest absolute Gasteiger partial charge is 0.164 e. The fourth-order valence-corrected chi connectivity index (χ4v) is 16.4. The zero-order valence-electron chi connectivity index (χ0n) is 50.3. The molecule has 19 rings (SSSR count). The Balaban J connectivity index is 0.855. The van der Waals surface area contributed by atoms with Crippen molar-refractivity contribution >= 4 is 107 Å². The minimum atomic E-state index is 0.568. The quantitative estimate of drug-likeness (QED) is 0.136. The first-order valence-corrected chi connectivity index (χ1v) is 33.0. The molecule has 0 saturated carbocycles. The van der Waals surface area contributed by atoms with E-state index in [1.54, 1.807) is 0 Å². The van der Waals surface area contributed by atoms with E-state index in [0.717, 1.165) is 89.1 Å². The lowest BCUT2D eigenvalue weighted by Gasteiger charge is -2.16. The largest absolute Gasteiger partial charge is 0.309 e. The molecule has 0 aliphatic carbocycles. The average molecular weight is 1240 g/mol. The van der Waals surface area contributed by atoms with Crippen LogP contribution in [-0.4, -0.2) is 39.0 Å². The number of hydrogen-bond donors (Lipinski definition) is 0. The lowest BCUT2D eigenvalue weighted by Crippen LogP contribution is -2.02. The summed E-state index contributed by atoms with van der Waals surface area (Å²) in [6.45, 7) is 0. The lowest BCUT2D eigenvalue weighted by molar-refractivity contribution is 1.07. The van der Waals surface area contributed by atoms with Gasteiger partial charge in [0.25, 0.3) is 0 Å². The molecule has 0 atom stereocenters. The van der Waals surface area contributed by atoms with Gasteiger partial charge in [-0.15, -0.1) is 22.7 Å². The minimum Gasteiger partial charge on any atom is -0.309 e. The van der Waals surface area contributed by atoms with Crippen molar-refractivity contribution in [2.75, 3.05) is 0 Å². The molecule has 0 bridgehead atoms. The number of para-hydroxylation sites is 2. The van der Waals surface area contributed by atoms with Crippen LogP contribution in [-0.2, 0) is 0 Å². The number of nitrogens with zero attached hydrogens (tertiary/aromatic N) is 8. The number of benzene rings is 13. The summed E-state index contributed by atoms with van der Waals surface area (Å²) < 4.78 is 9.95. The predicted octanol–water partition coefficient (Wildman–Crippen LogP) is 22.3. The third kappa shape index (κ3) is 8.94. The van der Waals surface area contributed by atoms with Gasteiger partial charge in [0.15, 0.2) is 34.9 Å². The Bertz CT molecular complexity index is 5740. The molecule has 0 aliphatic heterocycles. The molecule has 0 fully saturated rings. The third-order valence-corrected chi connectivity index (χ3v) is 20.6. The molecule has 13 aromatic carbocycles. The average Bonchev–Trinajstić information content (AvgIpc) is 1.57.